The fraction of sp³-hybridized carbons (Fsp3) is 0. The molecule has 0 unspecified atom stereocenters. The van der Waals surface area contributed by atoms with Crippen LogP contribution in [0.1, 0.15) is 5.56 Å². The van der Waals surface area contributed by atoms with E-state index >= 15 is 0 Å². The van der Waals surface area contributed by atoms with Gasteiger partial charge in [-0.15, -0.1) is 0 Å². The van der Waals surface area contributed by atoms with Gasteiger partial charge in [0.25, 0.3) is 0 Å². The third-order valence-electron chi connectivity index (χ3n) is 0.980. The van der Waals surface area contributed by atoms with Crippen LogP contribution in [0.25, 0.3) is 0 Å². The maximum Gasteiger partial charge on any atom is 0.0798 e. The molecule has 1 aromatic rings. The van der Waals surface area contributed by atoms with Crippen molar-refractivity contribution < 1.29 is 3.89 Å². The Morgan fingerprint density at radius 1 is 1.22 bits per heavy atom. The highest BCUT2D eigenvalue weighted by atomic mass is 32.2. The fourth-order valence-electron chi connectivity index (χ4n) is 0.583. The molecular formula is C7H6FS. The minimum Gasteiger partial charge on any atom is -0.164 e. The van der Waals surface area contributed by atoms with Crippen molar-refractivity contribution in [2.45, 2.75) is 0 Å². The predicted molar refractivity (Wildman–Crippen MR) is 38.5 cm³/mol. The van der Waals surface area contributed by atoms with Gasteiger partial charge in [-0.25, -0.2) is 0 Å². The van der Waals surface area contributed by atoms with Gasteiger partial charge in [-0.3, -0.25) is 0 Å². The summed E-state index contributed by atoms with van der Waals surface area (Å²) in [6.45, 7) is 0. The lowest BCUT2D eigenvalue weighted by atomic mass is 10.2. The highest BCUT2D eigenvalue weighted by molar-refractivity contribution is 7.96. The number of hydrogen-bond donors (Lipinski definition) is 0. The summed E-state index contributed by atoms with van der Waals surface area (Å²) in [4.78, 5) is 0. The molecule has 0 aliphatic heterocycles. The van der Waals surface area contributed by atoms with E-state index in [0.717, 1.165) is 5.56 Å². The smallest absolute Gasteiger partial charge is 0.0798 e. The highest BCUT2D eigenvalue weighted by Gasteiger charge is 1.88. The summed E-state index contributed by atoms with van der Waals surface area (Å²) in [6.07, 6.45) is 0. The maximum atomic E-state index is 11.5. The Morgan fingerprint density at radius 3 is 2.44 bits per heavy atom. The lowest BCUT2D eigenvalue weighted by molar-refractivity contribution is 0.944. The lowest BCUT2D eigenvalue weighted by Gasteiger charge is -1.90. The average Bonchev–Trinajstić information content (AvgIpc) is 1.91. The van der Waals surface area contributed by atoms with Crippen molar-refractivity contribution in [1.82, 2.24) is 0 Å². The quantitative estimate of drug-likeness (QED) is 0.610. The molecule has 0 bridgehead atoms. The molecule has 0 saturated carbocycles. The first kappa shape index (κ1) is 6.62. The van der Waals surface area contributed by atoms with Crippen LogP contribution >= 0.6 is 12.1 Å². The van der Waals surface area contributed by atoms with Crippen LogP contribution in [0.4, 0.5) is 3.89 Å². The molecule has 1 radical (unpaired) electrons. The third kappa shape index (κ3) is 2.06. The zero-order chi connectivity index (χ0) is 6.53. The Hall–Kier alpha value is -0.500. The number of hydrogen-bond acceptors (Lipinski definition) is 1. The van der Waals surface area contributed by atoms with E-state index in [-0.39, 0.29) is 12.1 Å². The monoisotopic (exact) mass is 141 g/mol. The number of benzene rings is 1. The first-order chi connectivity index (χ1) is 4.43. The first-order valence-electron chi connectivity index (χ1n) is 2.59. The third-order valence-corrected chi connectivity index (χ3v) is 1.34. The summed E-state index contributed by atoms with van der Waals surface area (Å²) < 4.78 is 11.5. The van der Waals surface area contributed by atoms with E-state index in [1.54, 1.807) is 0 Å². The van der Waals surface area contributed by atoms with E-state index in [0.29, 0.717) is 0 Å². The largest absolute Gasteiger partial charge is 0.164 e. The number of halogens is 1. The minimum absolute atomic E-state index is 0.230. The second-order valence-electron chi connectivity index (χ2n) is 1.62. The topological polar surface area (TPSA) is 0 Å². The van der Waals surface area contributed by atoms with E-state index in [2.05, 4.69) is 0 Å². The van der Waals surface area contributed by atoms with Crippen molar-refractivity contribution in [2.75, 3.05) is 0 Å². The van der Waals surface area contributed by atoms with Crippen LogP contribution in [0, 0.1) is 5.75 Å². The van der Waals surface area contributed by atoms with Crippen molar-refractivity contribution in [3.63, 3.8) is 0 Å². The Labute approximate surface area is 58.4 Å². The molecule has 0 aliphatic rings. The fourth-order valence-corrected chi connectivity index (χ4v) is 0.843. The molecule has 0 amide bonds. The minimum atomic E-state index is 0.230. The maximum absolute atomic E-state index is 11.5. The summed E-state index contributed by atoms with van der Waals surface area (Å²) in [5.74, 6) is 1.46. The van der Waals surface area contributed by atoms with Crippen molar-refractivity contribution in [2.24, 2.45) is 0 Å². The second-order valence-corrected chi connectivity index (χ2v) is 2.03. The first-order valence-corrected chi connectivity index (χ1v) is 3.37. The summed E-state index contributed by atoms with van der Waals surface area (Å²) in [5.41, 5.74) is 0.907. The lowest BCUT2D eigenvalue weighted by Crippen LogP contribution is -1.70. The molecule has 0 spiro atoms. The van der Waals surface area contributed by atoms with Gasteiger partial charge in [0.05, 0.1) is 17.9 Å². The van der Waals surface area contributed by atoms with E-state index in [1.807, 2.05) is 30.3 Å². The van der Waals surface area contributed by atoms with Crippen LogP contribution in [0.3, 0.4) is 0 Å². The molecular weight excluding hydrogens is 135 g/mol. The van der Waals surface area contributed by atoms with E-state index in [4.69, 9.17) is 0 Å². The molecule has 0 nitrogen and oxygen atoms in total. The van der Waals surface area contributed by atoms with Crippen molar-refractivity contribution in [3.8, 4) is 0 Å². The van der Waals surface area contributed by atoms with E-state index in [1.165, 1.54) is 5.75 Å². The molecule has 9 heavy (non-hydrogen) atoms. The van der Waals surface area contributed by atoms with Gasteiger partial charge in [0, 0.05) is 0 Å². The molecule has 1 aromatic carbocycles. The second kappa shape index (κ2) is 3.51. The molecule has 0 aromatic heterocycles. The molecule has 2 heteroatoms. The molecule has 1 rings (SSSR count). The van der Waals surface area contributed by atoms with Gasteiger partial charge in [-0.1, -0.05) is 30.3 Å². The van der Waals surface area contributed by atoms with Gasteiger partial charge in [0.15, 0.2) is 0 Å². The predicted octanol–water partition coefficient (Wildman–Crippen LogP) is 2.81. The molecule has 47 valence electrons. The molecule has 0 heterocycles. The molecule has 0 saturated heterocycles. The van der Waals surface area contributed by atoms with E-state index < -0.39 is 0 Å². The van der Waals surface area contributed by atoms with Gasteiger partial charge in [-0.05, 0) is 5.56 Å². The van der Waals surface area contributed by atoms with Crippen LogP contribution in [0.2, 0.25) is 0 Å². The van der Waals surface area contributed by atoms with Gasteiger partial charge >= 0.3 is 0 Å². The zero-order valence-electron chi connectivity index (χ0n) is 4.75. The normalized spacial score (nSPS) is 9.44. The Kier molecular flexibility index (Phi) is 2.58. The summed E-state index contributed by atoms with van der Waals surface area (Å²) in [7, 11) is 0. The summed E-state index contributed by atoms with van der Waals surface area (Å²) in [6, 6.07) is 9.36. The van der Waals surface area contributed by atoms with Gasteiger partial charge in [-0.2, -0.15) is 3.89 Å². The SMILES string of the molecule is FS[CH]c1ccccc1. The van der Waals surface area contributed by atoms with Crippen molar-refractivity contribution in [3.05, 3.63) is 41.6 Å². The van der Waals surface area contributed by atoms with Gasteiger partial charge in [0.1, 0.15) is 0 Å². The van der Waals surface area contributed by atoms with Crippen LogP contribution < -0.4 is 0 Å². The van der Waals surface area contributed by atoms with Gasteiger partial charge in [0.2, 0.25) is 0 Å². The van der Waals surface area contributed by atoms with Crippen molar-refractivity contribution in [1.29, 1.82) is 0 Å². The number of rotatable bonds is 2. The van der Waals surface area contributed by atoms with Crippen molar-refractivity contribution >= 4 is 12.1 Å². The van der Waals surface area contributed by atoms with E-state index in [9.17, 15) is 3.89 Å². The summed E-state index contributed by atoms with van der Waals surface area (Å²) in [5, 5.41) is 0. The van der Waals surface area contributed by atoms with Crippen LogP contribution in [0.5, 0.6) is 0 Å². The van der Waals surface area contributed by atoms with Gasteiger partial charge < -0.3 is 0 Å². The zero-order valence-corrected chi connectivity index (χ0v) is 5.57. The Bertz CT molecular complexity index is 162. The standard InChI is InChI=1S/C7H6FS/c8-9-6-7-4-2-1-3-5-7/h1-6H. The Balaban J connectivity index is 2.61. The summed E-state index contributed by atoms with van der Waals surface area (Å²) >= 11 is 0.230. The molecule has 0 N–H and O–H groups in total. The molecule has 0 atom stereocenters. The van der Waals surface area contributed by atoms with Crippen LogP contribution in [-0.2, 0) is 0 Å². The molecule has 0 fully saturated rings. The van der Waals surface area contributed by atoms with Crippen LogP contribution in [0.15, 0.2) is 30.3 Å². The molecule has 0 aliphatic carbocycles. The Morgan fingerprint density at radius 2 is 1.89 bits per heavy atom. The average molecular weight is 141 g/mol. The van der Waals surface area contributed by atoms with Crippen LogP contribution in [-0.4, -0.2) is 0 Å². The highest BCUT2D eigenvalue weighted by Crippen LogP contribution is 2.13.